The molecular weight excluding hydrogens is 208 g/mol. The van der Waals surface area contributed by atoms with Crippen LogP contribution in [-0.2, 0) is 6.54 Å². The van der Waals surface area contributed by atoms with Gasteiger partial charge in [0, 0.05) is 29.7 Å². The largest absolute Gasteiger partial charge is 0.361 e. The van der Waals surface area contributed by atoms with Crippen molar-refractivity contribution in [3.8, 4) is 0 Å². The summed E-state index contributed by atoms with van der Waals surface area (Å²) in [7, 11) is 0. The minimum absolute atomic E-state index is 0.650. The van der Waals surface area contributed by atoms with E-state index in [0.717, 1.165) is 12.5 Å². The third kappa shape index (κ3) is 2.09. The maximum absolute atomic E-state index is 3.66. The number of para-hydroxylation sites is 1. The van der Waals surface area contributed by atoms with Gasteiger partial charge in [-0.15, -0.1) is 0 Å². The molecule has 1 unspecified atom stereocenters. The van der Waals surface area contributed by atoms with Crippen molar-refractivity contribution in [1.82, 2.24) is 10.3 Å². The molecule has 1 aliphatic carbocycles. The number of aromatic amines is 1. The molecule has 0 bridgehead atoms. The van der Waals surface area contributed by atoms with E-state index in [-0.39, 0.29) is 0 Å². The predicted octanol–water partition coefficient (Wildman–Crippen LogP) is 3.45. The van der Waals surface area contributed by atoms with Gasteiger partial charge in [-0.05, 0) is 37.3 Å². The minimum atomic E-state index is 0.650. The van der Waals surface area contributed by atoms with Gasteiger partial charge in [-0.25, -0.2) is 0 Å². The first-order valence-corrected chi connectivity index (χ1v) is 6.63. The Balaban J connectivity index is 1.68. The highest BCUT2D eigenvalue weighted by Gasteiger charge is 2.23. The molecule has 0 radical (unpaired) electrons. The molecule has 0 saturated heterocycles. The van der Waals surface area contributed by atoms with Crippen LogP contribution in [0.2, 0.25) is 0 Å². The van der Waals surface area contributed by atoms with Gasteiger partial charge in [0.2, 0.25) is 0 Å². The van der Waals surface area contributed by atoms with Crippen molar-refractivity contribution in [2.75, 3.05) is 0 Å². The Bertz CT molecular complexity index is 496. The summed E-state index contributed by atoms with van der Waals surface area (Å²) in [5, 5.41) is 5.01. The van der Waals surface area contributed by atoms with Gasteiger partial charge in [0.1, 0.15) is 0 Å². The molecule has 1 aromatic carbocycles. The summed E-state index contributed by atoms with van der Waals surface area (Å²) in [4.78, 5) is 3.33. The molecule has 90 valence electrons. The quantitative estimate of drug-likeness (QED) is 0.824. The zero-order valence-electron chi connectivity index (χ0n) is 10.4. The van der Waals surface area contributed by atoms with Gasteiger partial charge < -0.3 is 10.3 Å². The molecule has 1 saturated carbocycles. The number of hydrogen-bond donors (Lipinski definition) is 2. The summed E-state index contributed by atoms with van der Waals surface area (Å²) in [6, 6.07) is 9.16. The summed E-state index contributed by atoms with van der Waals surface area (Å²) < 4.78 is 0. The van der Waals surface area contributed by atoms with Crippen molar-refractivity contribution in [3.05, 3.63) is 36.0 Å². The lowest BCUT2D eigenvalue weighted by molar-refractivity contribution is 0.240. The third-order valence-corrected chi connectivity index (χ3v) is 4.15. The van der Waals surface area contributed by atoms with Crippen LogP contribution in [0.15, 0.2) is 30.5 Å². The van der Waals surface area contributed by atoms with Crippen molar-refractivity contribution in [2.45, 2.75) is 38.8 Å². The molecule has 17 heavy (non-hydrogen) atoms. The number of hydrogen-bond acceptors (Lipinski definition) is 1. The Morgan fingerprint density at radius 1 is 1.35 bits per heavy atom. The van der Waals surface area contributed by atoms with Crippen LogP contribution in [-0.4, -0.2) is 11.0 Å². The second-order valence-corrected chi connectivity index (χ2v) is 5.22. The van der Waals surface area contributed by atoms with Gasteiger partial charge in [-0.2, -0.15) is 0 Å². The summed E-state index contributed by atoms with van der Waals surface area (Å²) in [5.74, 6) is 0.903. The molecule has 2 heteroatoms. The summed E-state index contributed by atoms with van der Waals surface area (Å²) >= 11 is 0. The van der Waals surface area contributed by atoms with E-state index < -0.39 is 0 Å². The average molecular weight is 228 g/mol. The first-order valence-electron chi connectivity index (χ1n) is 6.63. The van der Waals surface area contributed by atoms with Gasteiger partial charge in [0.15, 0.2) is 0 Å². The van der Waals surface area contributed by atoms with E-state index >= 15 is 0 Å². The smallest absolute Gasteiger partial charge is 0.0457 e. The second-order valence-electron chi connectivity index (χ2n) is 5.22. The Labute approximate surface area is 102 Å². The zero-order chi connectivity index (χ0) is 11.7. The maximum Gasteiger partial charge on any atom is 0.0457 e. The number of aromatic nitrogens is 1. The van der Waals surface area contributed by atoms with Gasteiger partial charge in [0.05, 0.1) is 0 Å². The van der Waals surface area contributed by atoms with E-state index in [1.807, 2.05) is 0 Å². The van der Waals surface area contributed by atoms with E-state index in [9.17, 15) is 0 Å². The molecule has 2 aromatic rings. The van der Waals surface area contributed by atoms with Crippen LogP contribution in [0.5, 0.6) is 0 Å². The Morgan fingerprint density at radius 3 is 2.94 bits per heavy atom. The Morgan fingerprint density at radius 2 is 2.18 bits per heavy atom. The normalized spacial score (nSPS) is 18.2. The van der Waals surface area contributed by atoms with E-state index in [0.29, 0.717) is 6.04 Å². The van der Waals surface area contributed by atoms with Crippen LogP contribution >= 0.6 is 0 Å². The summed E-state index contributed by atoms with van der Waals surface area (Å²) in [6.45, 7) is 3.29. The molecule has 0 amide bonds. The van der Waals surface area contributed by atoms with Crippen molar-refractivity contribution in [3.63, 3.8) is 0 Å². The number of benzene rings is 1. The molecule has 1 atom stereocenters. The molecule has 1 aromatic heterocycles. The lowest BCUT2D eigenvalue weighted by Crippen LogP contribution is -2.36. The monoisotopic (exact) mass is 228 g/mol. The van der Waals surface area contributed by atoms with Crippen molar-refractivity contribution in [2.24, 2.45) is 5.92 Å². The molecule has 0 aliphatic heterocycles. The first kappa shape index (κ1) is 10.8. The highest BCUT2D eigenvalue weighted by Crippen LogP contribution is 2.29. The molecule has 2 N–H and O–H groups in total. The highest BCUT2D eigenvalue weighted by molar-refractivity contribution is 5.82. The molecular formula is C15H20N2. The predicted molar refractivity (Wildman–Crippen MR) is 71.9 cm³/mol. The van der Waals surface area contributed by atoms with Crippen LogP contribution in [0.4, 0.5) is 0 Å². The van der Waals surface area contributed by atoms with E-state index in [1.165, 1.54) is 35.7 Å². The average Bonchev–Trinajstić information content (AvgIpc) is 2.67. The maximum atomic E-state index is 3.66. The van der Waals surface area contributed by atoms with Gasteiger partial charge in [-0.1, -0.05) is 24.6 Å². The fraction of sp³-hybridized carbons (Fsp3) is 0.467. The number of H-pyrrole nitrogens is 1. The molecule has 2 nitrogen and oxygen atoms in total. The minimum Gasteiger partial charge on any atom is -0.361 e. The van der Waals surface area contributed by atoms with Crippen LogP contribution < -0.4 is 5.32 Å². The molecule has 3 rings (SSSR count). The topological polar surface area (TPSA) is 27.8 Å². The lowest BCUT2D eigenvalue weighted by Gasteiger charge is -2.32. The fourth-order valence-corrected chi connectivity index (χ4v) is 2.66. The first-order chi connectivity index (χ1) is 8.34. The van der Waals surface area contributed by atoms with Crippen molar-refractivity contribution in [1.29, 1.82) is 0 Å². The van der Waals surface area contributed by atoms with Crippen molar-refractivity contribution < 1.29 is 0 Å². The number of nitrogens with one attached hydrogen (secondary N) is 2. The SMILES string of the molecule is CC(NCc1c[nH]c2ccccc12)C1CCC1. The van der Waals surface area contributed by atoms with Crippen LogP contribution in [0.1, 0.15) is 31.7 Å². The lowest BCUT2D eigenvalue weighted by atomic mass is 9.80. The van der Waals surface area contributed by atoms with E-state index in [4.69, 9.17) is 0 Å². The summed E-state index contributed by atoms with van der Waals surface area (Å²) in [5.41, 5.74) is 2.62. The van der Waals surface area contributed by atoms with Crippen LogP contribution in [0.3, 0.4) is 0 Å². The Kier molecular flexibility index (Phi) is 2.89. The summed E-state index contributed by atoms with van der Waals surface area (Å²) in [6.07, 6.45) is 6.36. The standard InChI is InChI=1S/C15H20N2/c1-11(12-5-4-6-12)16-9-13-10-17-15-8-3-2-7-14(13)15/h2-3,7-8,10-12,16-17H,4-6,9H2,1H3. The van der Waals surface area contributed by atoms with Crippen LogP contribution in [0, 0.1) is 5.92 Å². The third-order valence-electron chi connectivity index (χ3n) is 4.15. The molecule has 1 heterocycles. The zero-order valence-corrected chi connectivity index (χ0v) is 10.4. The molecule has 1 fully saturated rings. The fourth-order valence-electron chi connectivity index (χ4n) is 2.66. The van der Waals surface area contributed by atoms with E-state index in [2.05, 4.69) is 47.7 Å². The van der Waals surface area contributed by atoms with E-state index in [1.54, 1.807) is 0 Å². The Hall–Kier alpha value is -1.28. The van der Waals surface area contributed by atoms with Gasteiger partial charge in [-0.3, -0.25) is 0 Å². The van der Waals surface area contributed by atoms with Crippen molar-refractivity contribution >= 4 is 10.9 Å². The van der Waals surface area contributed by atoms with Gasteiger partial charge >= 0.3 is 0 Å². The number of rotatable bonds is 4. The number of fused-ring (bicyclic) bond motifs is 1. The second kappa shape index (κ2) is 4.53. The highest BCUT2D eigenvalue weighted by atomic mass is 14.9. The molecule has 1 aliphatic rings. The van der Waals surface area contributed by atoms with Crippen LogP contribution in [0.25, 0.3) is 10.9 Å². The molecule has 0 spiro atoms. The van der Waals surface area contributed by atoms with Gasteiger partial charge in [0.25, 0.3) is 0 Å².